The van der Waals surface area contributed by atoms with Gasteiger partial charge in [-0.3, -0.25) is 0 Å². The SMILES string of the molecule is CSc1nc(C)cc(C2CC2)n1. The molecule has 2 rings (SSSR count). The van der Waals surface area contributed by atoms with Crippen molar-refractivity contribution < 1.29 is 0 Å². The molecular formula is C9H12N2S. The van der Waals surface area contributed by atoms with Gasteiger partial charge >= 0.3 is 0 Å². The van der Waals surface area contributed by atoms with Crippen LogP contribution < -0.4 is 0 Å². The lowest BCUT2D eigenvalue weighted by Crippen LogP contribution is -1.94. The second kappa shape index (κ2) is 3.05. The van der Waals surface area contributed by atoms with Crippen molar-refractivity contribution in [2.75, 3.05) is 6.26 Å². The van der Waals surface area contributed by atoms with Gasteiger partial charge in [-0.25, -0.2) is 9.97 Å². The van der Waals surface area contributed by atoms with Crippen LogP contribution in [0.4, 0.5) is 0 Å². The van der Waals surface area contributed by atoms with Gasteiger partial charge in [-0.05, 0) is 32.1 Å². The largest absolute Gasteiger partial charge is 0.228 e. The molecule has 1 heterocycles. The van der Waals surface area contributed by atoms with Gasteiger partial charge in [-0.1, -0.05) is 11.8 Å². The van der Waals surface area contributed by atoms with Crippen molar-refractivity contribution in [3.63, 3.8) is 0 Å². The Kier molecular flexibility index (Phi) is 2.05. The third kappa shape index (κ3) is 1.61. The van der Waals surface area contributed by atoms with Gasteiger partial charge in [0, 0.05) is 17.3 Å². The Labute approximate surface area is 76.8 Å². The molecule has 12 heavy (non-hydrogen) atoms. The quantitative estimate of drug-likeness (QED) is 0.516. The molecule has 0 saturated heterocycles. The number of aromatic nitrogens is 2. The molecule has 1 aromatic heterocycles. The molecule has 0 N–H and O–H groups in total. The summed E-state index contributed by atoms with van der Waals surface area (Å²) in [5.74, 6) is 0.734. The molecule has 0 aliphatic heterocycles. The van der Waals surface area contributed by atoms with E-state index in [-0.39, 0.29) is 0 Å². The van der Waals surface area contributed by atoms with E-state index in [1.165, 1.54) is 18.5 Å². The first-order valence-electron chi connectivity index (χ1n) is 4.19. The molecule has 0 radical (unpaired) electrons. The third-order valence-corrected chi connectivity index (χ3v) is 2.58. The molecule has 0 bridgehead atoms. The molecule has 0 amide bonds. The van der Waals surface area contributed by atoms with Crippen molar-refractivity contribution in [1.29, 1.82) is 0 Å². The molecule has 1 aliphatic rings. The minimum atomic E-state index is 0.734. The zero-order valence-electron chi connectivity index (χ0n) is 7.37. The molecule has 1 aromatic rings. The van der Waals surface area contributed by atoms with E-state index in [1.54, 1.807) is 11.8 Å². The van der Waals surface area contributed by atoms with E-state index < -0.39 is 0 Å². The Balaban J connectivity index is 2.34. The number of rotatable bonds is 2. The molecule has 64 valence electrons. The monoisotopic (exact) mass is 180 g/mol. The summed E-state index contributed by atoms with van der Waals surface area (Å²) in [5.41, 5.74) is 2.34. The Morgan fingerprint density at radius 3 is 2.75 bits per heavy atom. The van der Waals surface area contributed by atoms with E-state index >= 15 is 0 Å². The zero-order valence-corrected chi connectivity index (χ0v) is 8.19. The van der Waals surface area contributed by atoms with Crippen LogP contribution in [0.1, 0.15) is 30.1 Å². The Morgan fingerprint density at radius 2 is 2.17 bits per heavy atom. The first-order chi connectivity index (χ1) is 5.79. The first kappa shape index (κ1) is 8.05. The van der Waals surface area contributed by atoms with Crippen LogP contribution in [0.15, 0.2) is 11.2 Å². The summed E-state index contributed by atoms with van der Waals surface area (Å²) >= 11 is 1.62. The van der Waals surface area contributed by atoms with Crippen LogP contribution in [-0.2, 0) is 0 Å². The lowest BCUT2D eigenvalue weighted by atomic mass is 10.2. The van der Waals surface area contributed by atoms with E-state index in [4.69, 9.17) is 0 Å². The Hall–Kier alpha value is -0.570. The number of thioether (sulfide) groups is 1. The molecular weight excluding hydrogens is 168 g/mol. The summed E-state index contributed by atoms with van der Waals surface area (Å²) in [6.45, 7) is 2.04. The van der Waals surface area contributed by atoms with Gasteiger partial charge in [0.15, 0.2) is 5.16 Å². The summed E-state index contributed by atoms with van der Waals surface area (Å²) in [5, 5.41) is 0.914. The molecule has 1 fully saturated rings. The van der Waals surface area contributed by atoms with Crippen molar-refractivity contribution in [3.05, 3.63) is 17.5 Å². The van der Waals surface area contributed by atoms with Gasteiger partial charge < -0.3 is 0 Å². The average Bonchev–Trinajstić information content (AvgIpc) is 2.85. The number of nitrogens with zero attached hydrogens (tertiary/aromatic N) is 2. The highest BCUT2D eigenvalue weighted by molar-refractivity contribution is 7.98. The second-order valence-corrected chi connectivity index (χ2v) is 3.97. The van der Waals surface area contributed by atoms with Crippen LogP contribution in [0.3, 0.4) is 0 Å². The van der Waals surface area contributed by atoms with E-state index in [1.807, 2.05) is 13.2 Å². The summed E-state index contributed by atoms with van der Waals surface area (Å²) < 4.78 is 0. The van der Waals surface area contributed by atoms with Crippen LogP contribution in [0.2, 0.25) is 0 Å². The highest BCUT2D eigenvalue weighted by atomic mass is 32.2. The van der Waals surface area contributed by atoms with Crippen molar-refractivity contribution in [2.45, 2.75) is 30.8 Å². The lowest BCUT2D eigenvalue weighted by molar-refractivity contribution is 0.862. The van der Waals surface area contributed by atoms with E-state index in [0.717, 1.165) is 16.8 Å². The van der Waals surface area contributed by atoms with Gasteiger partial charge in [0.1, 0.15) is 0 Å². The van der Waals surface area contributed by atoms with E-state index in [9.17, 15) is 0 Å². The van der Waals surface area contributed by atoms with E-state index in [0.29, 0.717) is 0 Å². The van der Waals surface area contributed by atoms with Gasteiger partial charge in [0.2, 0.25) is 0 Å². The van der Waals surface area contributed by atoms with Gasteiger partial charge in [0.25, 0.3) is 0 Å². The normalized spacial score (nSPS) is 16.5. The third-order valence-electron chi connectivity index (χ3n) is 2.03. The molecule has 3 heteroatoms. The topological polar surface area (TPSA) is 25.8 Å². The molecule has 0 atom stereocenters. The predicted octanol–water partition coefficient (Wildman–Crippen LogP) is 2.38. The van der Waals surface area contributed by atoms with Crippen LogP contribution in [-0.4, -0.2) is 16.2 Å². The maximum Gasteiger partial charge on any atom is 0.187 e. The Bertz CT molecular complexity index is 295. The summed E-state index contributed by atoms with van der Waals surface area (Å²) in [6.07, 6.45) is 4.64. The fraction of sp³-hybridized carbons (Fsp3) is 0.556. The van der Waals surface area contributed by atoms with Crippen molar-refractivity contribution in [2.24, 2.45) is 0 Å². The summed E-state index contributed by atoms with van der Waals surface area (Å²) in [4.78, 5) is 8.78. The minimum Gasteiger partial charge on any atom is -0.228 e. The van der Waals surface area contributed by atoms with Crippen molar-refractivity contribution in [3.8, 4) is 0 Å². The highest BCUT2D eigenvalue weighted by Crippen LogP contribution is 2.39. The maximum atomic E-state index is 4.47. The van der Waals surface area contributed by atoms with Gasteiger partial charge in [0.05, 0.1) is 0 Å². The Morgan fingerprint density at radius 1 is 1.42 bits per heavy atom. The summed E-state index contributed by atoms with van der Waals surface area (Å²) in [7, 11) is 0. The van der Waals surface area contributed by atoms with Crippen molar-refractivity contribution in [1.82, 2.24) is 9.97 Å². The maximum absolute atomic E-state index is 4.47. The fourth-order valence-corrected chi connectivity index (χ4v) is 1.68. The molecule has 2 nitrogen and oxygen atoms in total. The van der Waals surface area contributed by atoms with Gasteiger partial charge in [-0.2, -0.15) is 0 Å². The van der Waals surface area contributed by atoms with Crippen LogP contribution in [0.25, 0.3) is 0 Å². The number of aryl methyl sites for hydroxylation is 1. The minimum absolute atomic E-state index is 0.734. The smallest absolute Gasteiger partial charge is 0.187 e. The van der Waals surface area contributed by atoms with Crippen molar-refractivity contribution >= 4 is 11.8 Å². The second-order valence-electron chi connectivity index (χ2n) is 3.20. The van der Waals surface area contributed by atoms with Crippen LogP contribution >= 0.6 is 11.8 Å². The zero-order chi connectivity index (χ0) is 8.55. The van der Waals surface area contributed by atoms with Crippen LogP contribution in [0, 0.1) is 6.92 Å². The highest BCUT2D eigenvalue weighted by Gasteiger charge is 2.25. The number of hydrogen-bond acceptors (Lipinski definition) is 3. The molecule has 1 aliphatic carbocycles. The molecule has 0 unspecified atom stereocenters. The fourth-order valence-electron chi connectivity index (χ4n) is 1.24. The average molecular weight is 180 g/mol. The van der Waals surface area contributed by atoms with Gasteiger partial charge in [-0.15, -0.1) is 0 Å². The lowest BCUT2D eigenvalue weighted by Gasteiger charge is -2.01. The standard InChI is InChI=1S/C9H12N2S/c1-6-5-8(7-3-4-7)11-9(10-6)12-2/h5,7H,3-4H2,1-2H3. The summed E-state index contributed by atoms with van der Waals surface area (Å²) in [6, 6.07) is 2.11. The van der Waals surface area contributed by atoms with E-state index in [2.05, 4.69) is 16.0 Å². The molecule has 0 aromatic carbocycles. The first-order valence-corrected chi connectivity index (χ1v) is 5.41. The molecule has 0 spiro atoms. The number of hydrogen-bond donors (Lipinski definition) is 0. The predicted molar refractivity (Wildman–Crippen MR) is 50.5 cm³/mol. The molecule has 1 saturated carbocycles. The van der Waals surface area contributed by atoms with Crippen LogP contribution in [0.5, 0.6) is 0 Å².